The molecule has 2 aromatic rings. The van der Waals surface area contributed by atoms with Crippen molar-refractivity contribution in [2.24, 2.45) is 0 Å². The number of anilines is 2. The third kappa shape index (κ3) is 3.02. The van der Waals surface area contributed by atoms with Crippen molar-refractivity contribution in [1.29, 1.82) is 0 Å². The van der Waals surface area contributed by atoms with E-state index in [1.165, 1.54) is 11.4 Å². The molecule has 0 aliphatic carbocycles. The zero-order valence-corrected chi connectivity index (χ0v) is 12.7. The summed E-state index contributed by atoms with van der Waals surface area (Å²) in [5.74, 6) is 0. The first-order valence-electron chi connectivity index (χ1n) is 6.73. The first-order valence-corrected chi connectivity index (χ1v) is 6.73. The molecule has 0 amide bonds. The molecule has 0 atom stereocenters. The SMILES string of the molecule is C=C(c1ccc(N(C)C)cc1)c1ccc(N(C)C)cc1. The zero-order valence-electron chi connectivity index (χ0n) is 12.7. The molecule has 0 aliphatic rings. The average molecular weight is 266 g/mol. The molecular formula is C18H22N2. The maximum atomic E-state index is 4.22. The monoisotopic (exact) mass is 266 g/mol. The fourth-order valence-electron chi connectivity index (χ4n) is 2.09. The molecular weight excluding hydrogens is 244 g/mol. The van der Waals surface area contributed by atoms with E-state index in [1.54, 1.807) is 0 Å². The molecule has 0 radical (unpaired) electrons. The Labute approximate surface area is 122 Å². The van der Waals surface area contributed by atoms with Crippen molar-refractivity contribution in [3.8, 4) is 0 Å². The summed E-state index contributed by atoms with van der Waals surface area (Å²) >= 11 is 0. The molecule has 2 heteroatoms. The maximum absolute atomic E-state index is 4.22. The number of nitrogens with zero attached hydrogens (tertiary/aromatic N) is 2. The van der Waals surface area contributed by atoms with E-state index in [4.69, 9.17) is 0 Å². The second-order valence-corrected chi connectivity index (χ2v) is 5.36. The number of hydrogen-bond donors (Lipinski definition) is 0. The van der Waals surface area contributed by atoms with Gasteiger partial charge in [-0.15, -0.1) is 0 Å². The predicted molar refractivity (Wildman–Crippen MR) is 89.7 cm³/mol. The minimum Gasteiger partial charge on any atom is -0.378 e. The molecule has 0 N–H and O–H groups in total. The molecule has 0 saturated carbocycles. The standard InChI is InChI=1S/C18H22N2/c1-14(15-6-10-17(11-7-15)19(2)3)16-8-12-18(13-9-16)20(4)5/h6-13H,1H2,2-5H3. The lowest BCUT2D eigenvalue weighted by atomic mass is 9.99. The Kier molecular flexibility index (Phi) is 4.14. The molecule has 0 spiro atoms. The number of hydrogen-bond acceptors (Lipinski definition) is 2. The van der Waals surface area contributed by atoms with Crippen LogP contribution < -0.4 is 9.80 Å². The zero-order chi connectivity index (χ0) is 14.7. The molecule has 2 rings (SSSR count). The van der Waals surface area contributed by atoms with Gasteiger partial charge in [0.1, 0.15) is 0 Å². The average Bonchev–Trinajstić information content (AvgIpc) is 2.46. The van der Waals surface area contributed by atoms with Crippen molar-refractivity contribution in [3.05, 3.63) is 66.2 Å². The first kappa shape index (κ1) is 14.2. The van der Waals surface area contributed by atoms with Gasteiger partial charge in [-0.05, 0) is 41.0 Å². The smallest absolute Gasteiger partial charge is 0.0361 e. The lowest BCUT2D eigenvalue weighted by molar-refractivity contribution is 1.13. The van der Waals surface area contributed by atoms with E-state index >= 15 is 0 Å². The van der Waals surface area contributed by atoms with Gasteiger partial charge in [0.25, 0.3) is 0 Å². The molecule has 0 aromatic heterocycles. The highest BCUT2D eigenvalue weighted by Crippen LogP contribution is 2.25. The summed E-state index contributed by atoms with van der Waals surface area (Å²) in [6, 6.07) is 17.0. The third-order valence-corrected chi connectivity index (χ3v) is 3.46. The molecule has 2 aromatic carbocycles. The summed E-state index contributed by atoms with van der Waals surface area (Å²) in [7, 11) is 8.18. The highest BCUT2D eigenvalue weighted by atomic mass is 15.1. The predicted octanol–water partition coefficient (Wildman–Crippen LogP) is 3.88. The number of rotatable bonds is 4. The fraction of sp³-hybridized carbons (Fsp3) is 0.222. The first-order chi connectivity index (χ1) is 9.49. The van der Waals surface area contributed by atoms with E-state index in [0.29, 0.717) is 0 Å². The van der Waals surface area contributed by atoms with Gasteiger partial charge in [0.05, 0.1) is 0 Å². The Morgan fingerprint density at radius 3 is 1.20 bits per heavy atom. The van der Waals surface area contributed by atoms with Gasteiger partial charge in [-0.25, -0.2) is 0 Å². The van der Waals surface area contributed by atoms with Crippen molar-refractivity contribution in [2.75, 3.05) is 38.0 Å². The summed E-state index contributed by atoms with van der Waals surface area (Å²) in [6.45, 7) is 4.22. The van der Waals surface area contributed by atoms with Crippen LogP contribution in [0.25, 0.3) is 5.57 Å². The van der Waals surface area contributed by atoms with E-state index < -0.39 is 0 Å². The van der Waals surface area contributed by atoms with Crippen LogP contribution >= 0.6 is 0 Å². The second kappa shape index (κ2) is 5.83. The topological polar surface area (TPSA) is 6.48 Å². The molecule has 20 heavy (non-hydrogen) atoms. The van der Waals surface area contributed by atoms with Crippen LogP contribution in [0, 0.1) is 0 Å². The van der Waals surface area contributed by atoms with Crippen molar-refractivity contribution >= 4 is 16.9 Å². The van der Waals surface area contributed by atoms with E-state index in [0.717, 1.165) is 16.7 Å². The van der Waals surface area contributed by atoms with Gasteiger partial charge in [0.2, 0.25) is 0 Å². The lowest BCUT2D eigenvalue weighted by Gasteiger charge is -2.15. The van der Waals surface area contributed by atoms with Crippen LogP contribution in [0.3, 0.4) is 0 Å². The molecule has 0 bridgehead atoms. The molecule has 104 valence electrons. The Bertz CT molecular complexity index is 524. The minimum atomic E-state index is 1.06. The van der Waals surface area contributed by atoms with Gasteiger partial charge in [-0.2, -0.15) is 0 Å². The van der Waals surface area contributed by atoms with Crippen LogP contribution in [0.1, 0.15) is 11.1 Å². The normalized spacial score (nSPS) is 10.2. The quantitative estimate of drug-likeness (QED) is 0.828. The van der Waals surface area contributed by atoms with Crippen molar-refractivity contribution < 1.29 is 0 Å². The molecule has 0 heterocycles. The van der Waals surface area contributed by atoms with Gasteiger partial charge >= 0.3 is 0 Å². The summed E-state index contributed by atoms with van der Waals surface area (Å²) in [5, 5.41) is 0. The molecule has 0 unspecified atom stereocenters. The lowest BCUT2D eigenvalue weighted by Crippen LogP contribution is -2.08. The minimum absolute atomic E-state index is 1.06. The van der Waals surface area contributed by atoms with E-state index in [2.05, 4.69) is 64.9 Å². The van der Waals surface area contributed by atoms with E-state index in [9.17, 15) is 0 Å². The largest absolute Gasteiger partial charge is 0.378 e. The Hall–Kier alpha value is -2.22. The van der Waals surface area contributed by atoms with Crippen molar-refractivity contribution in [3.63, 3.8) is 0 Å². The van der Waals surface area contributed by atoms with Crippen LogP contribution in [-0.2, 0) is 0 Å². The Morgan fingerprint density at radius 2 is 0.950 bits per heavy atom. The summed E-state index contributed by atoms with van der Waals surface area (Å²) in [4.78, 5) is 4.19. The highest BCUT2D eigenvalue weighted by Gasteiger charge is 2.04. The van der Waals surface area contributed by atoms with Gasteiger partial charge in [0, 0.05) is 39.6 Å². The van der Waals surface area contributed by atoms with Crippen LogP contribution in [-0.4, -0.2) is 28.2 Å². The fourth-order valence-corrected chi connectivity index (χ4v) is 2.09. The van der Waals surface area contributed by atoms with Crippen LogP contribution in [0.5, 0.6) is 0 Å². The Morgan fingerprint density at radius 1 is 0.650 bits per heavy atom. The summed E-state index contributed by atoms with van der Waals surface area (Å²) in [5.41, 5.74) is 5.77. The van der Waals surface area contributed by atoms with Crippen LogP contribution in [0.15, 0.2) is 55.1 Å². The third-order valence-electron chi connectivity index (χ3n) is 3.46. The van der Waals surface area contributed by atoms with Crippen molar-refractivity contribution in [1.82, 2.24) is 0 Å². The van der Waals surface area contributed by atoms with Gasteiger partial charge in [0.15, 0.2) is 0 Å². The van der Waals surface area contributed by atoms with Gasteiger partial charge in [-0.1, -0.05) is 30.8 Å². The van der Waals surface area contributed by atoms with E-state index in [-0.39, 0.29) is 0 Å². The van der Waals surface area contributed by atoms with Crippen molar-refractivity contribution in [2.45, 2.75) is 0 Å². The maximum Gasteiger partial charge on any atom is 0.0361 e. The molecule has 2 nitrogen and oxygen atoms in total. The highest BCUT2D eigenvalue weighted by molar-refractivity contribution is 5.79. The van der Waals surface area contributed by atoms with Gasteiger partial charge < -0.3 is 9.80 Å². The van der Waals surface area contributed by atoms with Gasteiger partial charge in [-0.3, -0.25) is 0 Å². The van der Waals surface area contributed by atoms with Crippen LogP contribution in [0.2, 0.25) is 0 Å². The summed E-state index contributed by atoms with van der Waals surface area (Å²) in [6.07, 6.45) is 0. The molecule has 0 aliphatic heterocycles. The molecule has 0 fully saturated rings. The van der Waals surface area contributed by atoms with Crippen LogP contribution in [0.4, 0.5) is 11.4 Å². The molecule has 0 saturated heterocycles. The Balaban J connectivity index is 2.22. The number of benzene rings is 2. The van der Waals surface area contributed by atoms with E-state index in [1.807, 2.05) is 28.2 Å². The summed E-state index contributed by atoms with van der Waals surface area (Å²) < 4.78 is 0. The second-order valence-electron chi connectivity index (χ2n) is 5.36.